The van der Waals surface area contributed by atoms with Crippen LogP contribution < -0.4 is 0 Å². The Balaban J connectivity index is 2.38. The lowest BCUT2D eigenvalue weighted by atomic mass is 10.0. The molecule has 16 heavy (non-hydrogen) atoms. The molecule has 1 heterocycles. The third kappa shape index (κ3) is 2.17. The van der Waals surface area contributed by atoms with Gasteiger partial charge in [0.1, 0.15) is 6.10 Å². The predicted molar refractivity (Wildman–Crippen MR) is 66.7 cm³/mol. The summed E-state index contributed by atoms with van der Waals surface area (Å²) in [5, 5.41) is 10.8. The van der Waals surface area contributed by atoms with Crippen LogP contribution in [0.1, 0.15) is 22.8 Å². The van der Waals surface area contributed by atoms with Gasteiger partial charge >= 0.3 is 0 Å². The number of aliphatic hydroxyl groups excluding tert-OH is 1. The van der Waals surface area contributed by atoms with Crippen molar-refractivity contribution < 1.29 is 9.52 Å². The maximum Gasteiger partial charge on any atom is 0.175 e. The maximum atomic E-state index is 10.1. The molecule has 0 bridgehead atoms. The van der Waals surface area contributed by atoms with Crippen LogP contribution in [-0.2, 0) is 0 Å². The molecule has 1 atom stereocenters. The molecule has 0 fully saturated rings. The highest BCUT2D eigenvalue weighted by atomic mass is 79.9. The van der Waals surface area contributed by atoms with Crippen molar-refractivity contribution in [2.24, 2.45) is 0 Å². The number of benzene rings is 1. The molecule has 0 aliphatic heterocycles. The van der Waals surface area contributed by atoms with Gasteiger partial charge in [-0.3, -0.25) is 0 Å². The van der Waals surface area contributed by atoms with Gasteiger partial charge in [0.2, 0.25) is 0 Å². The van der Waals surface area contributed by atoms with Crippen LogP contribution in [0, 0.1) is 6.92 Å². The second kappa shape index (κ2) is 4.62. The van der Waals surface area contributed by atoms with Crippen molar-refractivity contribution in [1.82, 2.24) is 0 Å². The highest BCUT2D eigenvalue weighted by Crippen LogP contribution is 2.31. The van der Waals surface area contributed by atoms with E-state index < -0.39 is 6.10 Å². The number of rotatable bonds is 2. The van der Waals surface area contributed by atoms with E-state index in [9.17, 15) is 5.11 Å². The van der Waals surface area contributed by atoms with Gasteiger partial charge in [-0.05, 0) is 46.1 Å². The Morgan fingerprint density at radius 3 is 2.69 bits per heavy atom. The number of halogens is 2. The summed E-state index contributed by atoms with van der Waals surface area (Å²) >= 11 is 9.25. The SMILES string of the molecule is Cc1ccc(C(O)c2ccoc2Br)cc1Cl. The molecule has 0 spiro atoms. The zero-order valence-electron chi connectivity index (χ0n) is 8.58. The number of aliphatic hydroxyl groups is 1. The summed E-state index contributed by atoms with van der Waals surface area (Å²) in [6.45, 7) is 1.92. The molecule has 84 valence electrons. The molecule has 1 unspecified atom stereocenters. The summed E-state index contributed by atoms with van der Waals surface area (Å²) in [5.41, 5.74) is 2.43. The summed E-state index contributed by atoms with van der Waals surface area (Å²) in [6.07, 6.45) is 0.796. The Bertz CT molecular complexity index is 507. The Labute approximate surface area is 107 Å². The summed E-state index contributed by atoms with van der Waals surface area (Å²) in [4.78, 5) is 0. The molecule has 2 nitrogen and oxygen atoms in total. The molecule has 2 aromatic rings. The van der Waals surface area contributed by atoms with Gasteiger partial charge in [0.15, 0.2) is 4.67 Å². The molecule has 2 rings (SSSR count). The second-order valence-electron chi connectivity index (χ2n) is 3.56. The smallest absolute Gasteiger partial charge is 0.175 e. The van der Waals surface area contributed by atoms with Crippen LogP contribution in [0.2, 0.25) is 5.02 Å². The summed E-state index contributed by atoms with van der Waals surface area (Å²) in [7, 11) is 0. The third-order valence-electron chi connectivity index (χ3n) is 2.45. The molecule has 1 N–H and O–H groups in total. The minimum absolute atomic E-state index is 0.539. The summed E-state index contributed by atoms with van der Waals surface area (Å²) < 4.78 is 5.62. The minimum atomic E-state index is -0.730. The molecule has 1 aromatic carbocycles. The molecule has 0 amide bonds. The summed E-state index contributed by atoms with van der Waals surface area (Å²) in [5.74, 6) is 0. The van der Waals surface area contributed by atoms with Crippen molar-refractivity contribution in [2.45, 2.75) is 13.0 Å². The van der Waals surface area contributed by atoms with Crippen LogP contribution in [0.3, 0.4) is 0 Å². The fourth-order valence-corrected chi connectivity index (χ4v) is 2.10. The number of hydrogen-bond donors (Lipinski definition) is 1. The molecule has 0 saturated carbocycles. The zero-order valence-corrected chi connectivity index (χ0v) is 10.9. The van der Waals surface area contributed by atoms with E-state index >= 15 is 0 Å². The van der Waals surface area contributed by atoms with E-state index in [1.54, 1.807) is 12.1 Å². The van der Waals surface area contributed by atoms with E-state index in [-0.39, 0.29) is 0 Å². The number of hydrogen-bond acceptors (Lipinski definition) is 2. The molecular formula is C12H10BrClO2. The maximum absolute atomic E-state index is 10.1. The van der Waals surface area contributed by atoms with Gasteiger partial charge in [0.25, 0.3) is 0 Å². The van der Waals surface area contributed by atoms with Gasteiger partial charge in [-0.15, -0.1) is 0 Å². The standard InChI is InChI=1S/C12H10BrClO2/c1-7-2-3-8(6-10(7)14)11(15)9-4-5-16-12(9)13/h2-6,11,15H,1H3. The first kappa shape index (κ1) is 11.7. The fourth-order valence-electron chi connectivity index (χ4n) is 1.46. The van der Waals surface area contributed by atoms with Crippen LogP contribution in [0.15, 0.2) is 39.6 Å². The van der Waals surface area contributed by atoms with Crippen molar-refractivity contribution in [1.29, 1.82) is 0 Å². The van der Waals surface area contributed by atoms with Crippen molar-refractivity contribution in [3.05, 3.63) is 56.9 Å². The van der Waals surface area contributed by atoms with E-state index in [1.165, 1.54) is 6.26 Å². The Kier molecular flexibility index (Phi) is 3.38. The average Bonchev–Trinajstić information content (AvgIpc) is 2.67. The van der Waals surface area contributed by atoms with Gasteiger partial charge in [0.05, 0.1) is 6.26 Å². The Morgan fingerprint density at radius 1 is 1.38 bits per heavy atom. The van der Waals surface area contributed by atoms with Crippen molar-refractivity contribution in [2.75, 3.05) is 0 Å². The van der Waals surface area contributed by atoms with Crippen LogP contribution in [0.4, 0.5) is 0 Å². The van der Waals surface area contributed by atoms with Crippen molar-refractivity contribution in [3.8, 4) is 0 Å². The second-order valence-corrected chi connectivity index (χ2v) is 4.69. The highest BCUT2D eigenvalue weighted by molar-refractivity contribution is 9.10. The number of aryl methyl sites for hydroxylation is 1. The topological polar surface area (TPSA) is 33.4 Å². The lowest BCUT2D eigenvalue weighted by molar-refractivity contribution is 0.218. The number of furan rings is 1. The van der Waals surface area contributed by atoms with E-state index in [0.717, 1.165) is 11.1 Å². The molecule has 1 aromatic heterocycles. The lowest BCUT2D eigenvalue weighted by Crippen LogP contribution is -1.99. The van der Waals surface area contributed by atoms with Crippen LogP contribution >= 0.6 is 27.5 Å². The normalized spacial score (nSPS) is 12.8. The molecular weight excluding hydrogens is 291 g/mol. The monoisotopic (exact) mass is 300 g/mol. The average molecular weight is 302 g/mol. The Morgan fingerprint density at radius 2 is 2.12 bits per heavy atom. The Hall–Kier alpha value is -0.770. The van der Waals surface area contributed by atoms with Gasteiger partial charge in [-0.25, -0.2) is 0 Å². The molecule has 0 radical (unpaired) electrons. The third-order valence-corrected chi connectivity index (χ3v) is 3.50. The van der Waals surface area contributed by atoms with Gasteiger partial charge in [-0.1, -0.05) is 23.7 Å². The highest BCUT2D eigenvalue weighted by Gasteiger charge is 2.16. The largest absolute Gasteiger partial charge is 0.457 e. The summed E-state index contributed by atoms with van der Waals surface area (Å²) in [6, 6.07) is 7.23. The minimum Gasteiger partial charge on any atom is -0.457 e. The van der Waals surface area contributed by atoms with Crippen molar-refractivity contribution >= 4 is 27.5 Å². The first-order valence-electron chi connectivity index (χ1n) is 4.76. The molecule has 0 aliphatic carbocycles. The van der Waals surface area contributed by atoms with Gasteiger partial charge in [0, 0.05) is 10.6 Å². The van der Waals surface area contributed by atoms with E-state index in [0.29, 0.717) is 15.3 Å². The molecule has 0 saturated heterocycles. The van der Waals surface area contributed by atoms with Gasteiger partial charge in [-0.2, -0.15) is 0 Å². The first-order valence-corrected chi connectivity index (χ1v) is 5.93. The van der Waals surface area contributed by atoms with E-state index in [4.69, 9.17) is 16.0 Å². The first-order chi connectivity index (χ1) is 7.59. The van der Waals surface area contributed by atoms with Crippen LogP contribution in [0.5, 0.6) is 0 Å². The van der Waals surface area contributed by atoms with Crippen molar-refractivity contribution in [3.63, 3.8) is 0 Å². The van der Waals surface area contributed by atoms with E-state index in [2.05, 4.69) is 15.9 Å². The molecule has 4 heteroatoms. The quantitative estimate of drug-likeness (QED) is 0.906. The predicted octanol–water partition coefficient (Wildman–Crippen LogP) is 4.09. The van der Waals surface area contributed by atoms with E-state index in [1.807, 2.05) is 19.1 Å². The van der Waals surface area contributed by atoms with Gasteiger partial charge < -0.3 is 9.52 Å². The fraction of sp³-hybridized carbons (Fsp3) is 0.167. The molecule has 0 aliphatic rings. The lowest BCUT2D eigenvalue weighted by Gasteiger charge is -2.10. The van der Waals surface area contributed by atoms with Crippen LogP contribution in [-0.4, -0.2) is 5.11 Å². The zero-order chi connectivity index (χ0) is 11.7. The van der Waals surface area contributed by atoms with Crippen LogP contribution in [0.25, 0.3) is 0 Å².